The van der Waals surface area contributed by atoms with Gasteiger partial charge in [-0.3, -0.25) is 4.57 Å². The van der Waals surface area contributed by atoms with E-state index in [0.717, 1.165) is 6.42 Å². The van der Waals surface area contributed by atoms with Gasteiger partial charge in [-0.1, -0.05) is 13.3 Å². The number of rotatable bonds is 5. The maximum Gasteiger partial charge on any atom is 0.358 e. The molecule has 0 aromatic rings. The summed E-state index contributed by atoms with van der Waals surface area (Å²) >= 11 is 0. The fraction of sp³-hybridized carbons (Fsp3) is 1.00. The standard InChI is InChI=1S/C6H15O4P/c1-4-5-6(7)11(8,9-2)10-3/h6-7H,4-5H2,1-3H3. The molecule has 1 atom stereocenters. The molecule has 0 bridgehead atoms. The van der Waals surface area contributed by atoms with E-state index in [-0.39, 0.29) is 0 Å². The Bertz CT molecular complexity index is 140. The van der Waals surface area contributed by atoms with E-state index in [1.807, 2.05) is 6.92 Å². The third kappa shape index (κ3) is 2.91. The molecule has 0 aliphatic heterocycles. The van der Waals surface area contributed by atoms with Gasteiger partial charge in [0.15, 0.2) is 5.85 Å². The van der Waals surface area contributed by atoms with E-state index in [9.17, 15) is 9.67 Å². The first-order chi connectivity index (χ1) is 5.10. The molecule has 4 nitrogen and oxygen atoms in total. The van der Waals surface area contributed by atoms with E-state index >= 15 is 0 Å². The van der Waals surface area contributed by atoms with Gasteiger partial charge in [0.1, 0.15) is 0 Å². The van der Waals surface area contributed by atoms with E-state index in [1.165, 1.54) is 14.2 Å². The van der Waals surface area contributed by atoms with Gasteiger partial charge in [0.25, 0.3) is 0 Å². The van der Waals surface area contributed by atoms with Crippen LogP contribution in [0, 0.1) is 0 Å². The first kappa shape index (κ1) is 11.1. The molecule has 5 heteroatoms. The summed E-state index contributed by atoms with van der Waals surface area (Å²) < 4.78 is 20.5. The maximum atomic E-state index is 11.3. The minimum atomic E-state index is -3.23. The van der Waals surface area contributed by atoms with Gasteiger partial charge in [-0.15, -0.1) is 0 Å². The van der Waals surface area contributed by atoms with Gasteiger partial charge >= 0.3 is 7.60 Å². The fourth-order valence-electron chi connectivity index (χ4n) is 0.734. The van der Waals surface area contributed by atoms with Crippen LogP contribution in [-0.4, -0.2) is 25.2 Å². The van der Waals surface area contributed by atoms with Crippen LogP contribution in [0.1, 0.15) is 19.8 Å². The highest BCUT2D eigenvalue weighted by Gasteiger charge is 2.30. The van der Waals surface area contributed by atoms with Gasteiger partial charge in [0.2, 0.25) is 0 Å². The Morgan fingerprint density at radius 1 is 1.45 bits per heavy atom. The Labute approximate surface area is 67.0 Å². The quantitative estimate of drug-likeness (QED) is 0.656. The first-order valence-corrected chi connectivity index (χ1v) is 5.11. The fourth-order valence-corrected chi connectivity index (χ4v) is 1.94. The van der Waals surface area contributed by atoms with Crippen molar-refractivity contribution in [2.45, 2.75) is 25.6 Å². The molecule has 0 saturated heterocycles. The van der Waals surface area contributed by atoms with E-state index in [4.69, 9.17) is 0 Å². The second kappa shape index (κ2) is 4.88. The predicted octanol–water partition coefficient (Wildman–Crippen LogP) is 1.59. The Morgan fingerprint density at radius 2 is 1.91 bits per heavy atom. The molecule has 1 N–H and O–H groups in total. The van der Waals surface area contributed by atoms with Gasteiger partial charge in [0.05, 0.1) is 0 Å². The molecule has 0 rings (SSSR count). The summed E-state index contributed by atoms with van der Waals surface area (Å²) in [6.45, 7) is 1.89. The van der Waals surface area contributed by atoms with Crippen molar-refractivity contribution < 1.29 is 18.7 Å². The van der Waals surface area contributed by atoms with Crippen molar-refractivity contribution in [2.24, 2.45) is 0 Å². The van der Waals surface area contributed by atoms with Crippen LogP contribution in [-0.2, 0) is 13.6 Å². The van der Waals surface area contributed by atoms with Crippen molar-refractivity contribution in [3.8, 4) is 0 Å². The first-order valence-electron chi connectivity index (χ1n) is 3.50. The van der Waals surface area contributed by atoms with E-state index in [2.05, 4.69) is 9.05 Å². The highest BCUT2D eigenvalue weighted by atomic mass is 31.2. The molecule has 0 heterocycles. The second-order valence-electron chi connectivity index (χ2n) is 2.17. The SMILES string of the molecule is CCCC(O)P(=O)(OC)OC. The number of hydrogen-bond donors (Lipinski definition) is 1. The molecule has 0 aliphatic carbocycles. The second-order valence-corrected chi connectivity index (χ2v) is 4.58. The van der Waals surface area contributed by atoms with Gasteiger partial charge in [-0.05, 0) is 6.42 Å². The summed E-state index contributed by atoms with van der Waals surface area (Å²) in [6.07, 6.45) is 1.18. The van der Waals surface area contributed by atoms with E-state index in [0.29, 0.717) is 6.42 Å². The van der Waals surface area contributed by atoms with Crippen LogP contribution in [0.5, 0.6) is 0 Å². The summed E-state index contributed by atoms with van der Waals surface area (Å²) in [5, 5.41) is 9.26. The Balaban J connectivity index is 4.13. The van der Waals surface area contributed by atoms with Crippen LogP contribution in [0.25, 0.3) is 0 Å². The molecule has 0 fully saturated rings. The highest BCUT2D eigenvalue weighted by molar-refractivity contribution is 7.54. The zero-order valence-corrected chi connectivity index (χ0v) is 8.01. The Morgan fingerprint density at radius 3 is 2.18 bits per heavy atom. The number of aliphatic hydroxyl groups is 1. The Hall–Kier alpha value is 0.110. The molecule has 0 radical (unpaired) electrons. The van der Waals surface area contributed by atoms with Crippen LogP contribution in [0.15, 0.2) is 0 Å². The minimum Gasteiger partial charge on any atom is -0.380 e. The molecule has 0 spiro atoms. The maximum absolute atomic E-state index is 11.3. The van der Waals surface area contributed by atoms with Crippen molar-refractivity contribution in [1.82, 2.24) is 0 Å². The van der Waals surface area contributed by atoms with Crippen molar-refractivity contribution in [1.29, 1.82) is 0 Å². The summed E-state index contributed by atoms with van der Waals surface area (Å²) in [7, 11) is -0.699. The summed E-state index contributed by atoms with van der Waals surface area (Å²) in [5.41, 5.74) is 0. The van der Waals surface area contributed by atoms with E-state index in [1.54, 1.807) is 0 Å². The van der Waals surface area contributed by atoms with Crippen LogP contribution in [0.3, 0.4) is 0 Å². The zero-order chi connectivity index (χ0) is 8.91. The lowest BCUT2D eigenvalue weighted by Gasteiger charge is -2.18. The molecule has 0 aromatic carbocycles. The third-order valence-corrected chi connectivity index (χ3v) is 3.43. The molecule has 0 aliphatic rings. The average molecular weight is 182 g/mol. The molecule has 0 saturated carbocycles. The molecule has 68 valence electrons. The monoisotopic (exact) mass is 182 g/mol. The normalized spacial score (nSPS) is 14.9. The highest BCUT2D eigenvalue weighted by Crippen LogP contribution is 2.51. The van der Waals surface area contributed by atoms with Crippen LogP contribution >= 0.6 is 7.60 Å². The number of hydrogen-bond acceptors (Lipinski definition) is 4. The van der Waals surface area contributed by atoms with Crippen molar-refractivity contribution >= 4 is 7.60 Å². The van der Waals surface area contributed by atoms with Crippen molar-refractivity contribution in [3.63, 3.8) is 0 Å². The average Bonchev–Trinajstić information content (AvgIpc) is 2.03. The van der Waals surface area contributed by atoms with Crippen LogP contribution in [0.4, 0.5) is 0 Å². The van der Waals surface area contributed by atoms with Gasteiger partial charge in [-0.25, -0.2) is 0 Å². The molecule has 1 unspecified atom stereocenters. The summed E-state index contributed by atoms with van der Waals surface area (Å²) in [4.78, 5) is 0. The van der Waals surface area contributed by atoms with Crippen LogP contribution < -0.4 is 0 Å². The van der Waals surface area contributed by atoms with Gasteiger partial charge in [0, 0.05) is 14.2 Å². The molecule has 11 heavy (non-hydrogen) atoms. The van der Waals surface area contributed by atoms with Crippen molar-refractivity contribution in [3.05, 3.63) is 0 Å². The lowest BCUT2D eigenvalue weighted by atomic mass is 10.4. The van der Waals surface area contributed by atoms with Crippen LogP contribution in [0.2, 0.25) is 0 Å². The summed E-state index contributed by atoms with van der Waals surface area (Å²) in [5.74, 6) is -0.998. The van der Waals surface area contributed by atoms with Crippen molar-refractivity contribution in [2.75, 3.05) is 14.2 Å². The lowest BCUT2D eigenvalue weighted by Crippen LogP contribution is -2.09. The summed E-state index contributed by atoms with van der Waals surface area (Å²) in [6, 6.07) is 0. The minimum absolute atomic E-state index is 0.430. The molecule has 0 aromatic heterocycles. The topological polar surface area (TPSA) is 55.8 Å². The molecule has 0 amide bonds. The smallest absolute Gasteiger partial charge is 0.358 e. The van der Waals surface area contributed by atoms with Gasteiger partial charge in [-0.2, -0.15) is 0 Å². The van der Waals surface area contributed by atoms with E-state index < -0.39 is 13.4 Å². The third-order valence-electron chi connectivity index (χ3n) is 1.42. The molecular formula is C6H15O4P. The number of aliphatic hydroxyl groups excluding tert-OH is 1. The zero-order valence-electron chi connectivity index (χ0n) is 7.11. The van der Waals surface area contributed by atoms with Gasteiger partial charge < -0.3 is 14.2 Å². The Kier molecular flexibility index (Phi) is 4.93. The predicted molar refractivity (Wildman–Crippen MR) is 42.5 cm³/mol. The largest absolute Gasteiger partial charge is 0.380 e. The molecular weight excluding hydrogens is 167 g/mol. The lowest BCUT2D eigenvalue weighted by molar-refractivity contribution is 0.167.